The lowest BCUT2D eigenvalue weighted by atomic mass is 10.3. The number of carbonyl (C=O) groups excluding carboxylic acids is 1. The third-order valence-corrected chi connectivity index (χ3v) is 4.14. The van der Waals surface area contributed by atoms with Crippen molar-refractivity contribution in [1.82, 2.24) is 14.9 Å². The number of nitrogens with zero attached hydrogens (tertiary/aromatic N) is 2. The number of para-hydroxylation sites is 2. The van der Waals surface area contributed by atoms with Crippen LogP contribution in [0, 0.1) is 5.92 Å². The van der Waals surface area contributed by atoms with Crippen molar-refractivity contribution in [3.63, 3.8) is 0 Å². The summed E-state index contributed by atoms with van der Waals surface area (Å²) in [5.74, 6) is 2.59. The predicted molar refractivity (Wildman–Crippen MR) is 82.7 cm³/mol. The molecule has 1 aliphatic carbocycles. The minimum atomic E-state index is 0.0856. The van der Waals surface area contributed by atoms with E-state index in [4.69, 9.17) is 0 Å². The number of fused-ring (bicyclic) bond motifs is 1. The van der Waals surface area contributed by atoms with Gasteiger partial charge in [-0.25, -0.2) is 4.98 Å². The summed E-state index contributed by atoms with van der Waals surface area (Å²) in [5, 5.41) is 3.02. The van der Waals surface area contributed by atoms with Gasteiger partial charge in [-0.05, 0) is 37.1 Å². The maximum absolute atomic E-state index is 12.1. The number of hydrogen-bond acceptors (Lipinski definition) is 3. The van der Waals surface area contributed by atoms with Gasteiger partial charge in [-0.1, -0.05) is 12.1 Å². The molecule has 1 aliphatic rings. The molecule has 20 heavy (non-hydrogen) atoms. The Morgan fingerprint density at radius 1 is 1.45 bits per heavy atom. The fraction of sp³-hybridized carbons (Fsp3) is 0.467. The van der Waals surface area contributed by atoms with E-state index in [-0.39, 0.29) is 5.91 Å². The van der Waals surface area contributed by atoms with Gasteiger partial charge in [0.1, 0.15) is 12.4 Å². The molecule has 1 heterocycles. The lowest BCUT2D eigenvalue weighted by Crippen LogP contribution is -2.29. The molecule has 1 N–H and O–H groups in total. The molecule has 0 aliphatic heterocycles. The maximum atomic E-state index is 12.1. The van der Waals surface area contributed by atoms with Crippen LogP contribution in [0.25, 0.3) is 11.0 Å². The van der Waals surface area contributed by atoms with E-state index in [1.165, 1.54) is 12.8 Å². The van der Waals surface area contributed by atoms with Gasteiger partial charge >= 0.3 is 0 Å². The zero-order valence-corrected chi connectivity index (χ0v) is 12.4. The number of imidazole rings is 1. The second-order valence-corrected chi connectivity index (χ2v) is 6.15. The van der Waals surface area contributed by atoms with Crippen LogP contribution >= 0.6 is 11.8 Å². The van der Waals surface area contributed by atoms with Gasteiger partial charge in [0.15, 0.2) is 0 Å². The fourth-order valence-electron chi connectivity index (χ4n) is 2.32. The van der Waals surface area contributed by atoms with Crippen LogP contribution in [-0.4, -0.2) is 28.3 Å². The number of aromatic nitrogens is 2. The monoisotopic (exact) mass is 289 g/mol. The molecule has 0 bridgehead atoms. The summed E-state index contributed by atoms with van der Waals surface area (Å²) in [6.07, 6.45) is 4.56. The predicted octanol–water partition coefficient (Wildman–Crippen LogP) is 2.43. The highest BCUT2D eigenvalue weighted by molar-refractivity contribution is 7.97. The first-order valence-corrected chi connectivity index (χ1v) is 8.37. The van der Waals surface area contributed by atoms with Crippen molar-refractivity contribution in [1.29, 1.82) is 0 Å². The van der Waals surface area contributed by atoms with E-state index in [9.17, 15) is 4.79 Å². The number of hydrogen-bond donors (Lipinski definition) is 1. The molecule has 1 aromatic carbocycles. The molecule has 4 nitrogen and oxygen atoms in total. The Balaban J connectivity index is 1.79. The largest absolute Gasteiger partial charge is 0.354 e. The Bertz CT molecular complexity index is 619. The van der Waals surface area contributed by atoms with Crippen molar-refractivity contribution < 1.29 is 4.79 Å². The van der Waals surface area contributed by atoms with Crippen LogP contribution in [0.3, 0.4) is 0 Å². The van der Waals surface area contributed by atoms with Gasteiger partial charge in [0.2, 0.25) is 5.91 Å². The third kappa shape index (κ3) is 2.98. The van der Waals surface area contributed by atoms with E-state index in [1.54, 1.807) is 11.8 Å². The van der Waals surface area contributed by atoms with Crippen LogP contribution in [0.15, 0.2) is 24.3 Å². The van der Waals surface area contributed by atoms with Crippen molar-refractivity contribution in [2.45, 2.75) is 25.1 Å². The van der Waals surface area contributed by atoms with E-state index in [0.717, 1.165) is 29.2 Å². The van der Waals surface area contributed by atoms with Gasteiger partial charge in [0, 0.05) is 6.54 Å². The Morgan fingerprint density at radius 3 is 3.00 bits per heavy atom. The Hall–Kier alpha value is -1.49. The van der Waals surface area contributed by atoms with E-state index >= 15 is 0 Å². The minimum absolute atomic E-state index is 0.0856. The molecule has 0 saturated heterocycles. The van der Waals surface area contributed by atoms with Gasteiger partial charge in [-0.3, -0.25) is 4.79 Å². The normalized spacial score (nSPS) is 14.7. The summed E-state index contributed by atoms with van der Waals surface area (Å²) in [6.45, 7) is 1.19. The van der Waals surface area contributed by atoms with Crippen LogP contribution in [0.4, 0.5) is 0 Å². The minimum Gasteiger partial charge on any atom is -0.354 e. The van der Waals surface area contributed by atoms with Gasteiger partial charge in [-0.2, -0.15) is 11.8 Å². The SMILES string of the molecule is CSCc1nc2ccccc2n1CC(=O)NCC1CC1. The van der Waals surface area contributed by atoms with Crippen LogP contribution in [0.5, 0.6) is 0 Å². The second-order valence-electron chi connectivity index (χ2n) is 5.28. The number of benzene rings is 1. The van der Waals surface area contributed by atoms with E-state index in [0.29, 0.717) is 12.5 Å². The van der Waals surface area contributed by atoms with Crippen LogP contribution < -0.4 is 5.32 Å². The van der Waals surface area contributed by atoms with Crippen molar-refractivity contribution in [2.24, 2.45) is 5.92 Å². The zero-order valence-electron chi connectivity index (χ0n) is 11.6. The van der Waals surface area contributed by atoms with E-state index in [1.807, 2.05) is 28.8 Å². The first-order valence-electron chi connectivity index (χ1n) is 6.97. The highest BCUT2D eigenvalue weighted by Gasteiger charge is 2.22. The third-order valence-electron chi connectivity index (χ3n) is 3.59. The van der Waals surface area contributed by atoms with Crippen molar-refractivity contribution in [3.05, 3.63) is 30.1 Å². The topological polar surface area (TPSA) is 46.9 Å². The second kappa shape index (κ2) is 5.87. The first-order chi connectivity index (χ1) is 9.78. The summed E-state index contributed by atoms with van der Waals surface area (Å²) < 4.78 is 2.04. The van der Waals surface area contributed by atoms with Gasteiger partial charge in [-0.15, -0.1) is 0 Å². The maximum Gasteiger partial charge on any atom is 0.240 e. The van der Waals surface area contributed by atoms with E-state index in [2.05, 4.69) is 16.6 Å². The molecule has 3 rings (SSSR count). The number of nitrogens with one attached hydrogen (secondary N) is 1. The van der Waals surface area contributed by atoms with Crippen LogP contribution in [0.2, 0.25) is 0 Å². The van der Waals surface area contributed by atoms with Crippen LogP contribution in [0.1, 0.15) is 18.7 Å². The first kappa shape index (κ1) is 13.5. The quantitative estimate of drug-likeness (QED) is 0.888. The molecule has 2 aromatic rings. The molecule has 1 amide bonds. The van der Waals surface area contributed by atoms with Crippen LogP contribution in [-0.2, 0) is 17.1 Å². The molecular weight excluding hydrogens is 270 g/mol. The van der Waals surface area contributed by atoms with Crippen molar-refractivity contribution in [3.8, 4) is 0 Å². The lowest BCUT2D eigenvalue weighted by Gasteiger charge is -2.09. The molecule has 0 radical (unpaired) electrons. The summed E-state index contributed by atoms with van der Waals surface area (Å²) >= 11 is 1.72. The Labute approximate surface area is 123 Å². The standard InChI is InChI=1S/C15H19N3OS/c1-20-10-14-17-12-4-2-3-5-13(12)18(14)9-15(19)16-8-11-6-7-11/h2-5,11H,6-10H2,1H3,(H,16,19). The number of carbonyl (C=O) groups is 1. The summed E-state index contributed by atoms with van der Waals surface area (Å²) in [5.41, 5.74) is 2.00. The van der Waals surface area contributed by atoms with Gasteiger partial charge in [0.25, 0.3) is 0 Å². The lowest BCUT2D eigenvalue weighted by molar-refractivity contribution is -0.121. The number of thioether (sulfide) groups is 1. The fourth-order valence-corrected chi connectivity index (χ4v) is 2.80. The molecule has 1 aromatic heterocycles. The average Bonchev–Trinajstić information content (AvgIpc) is 3.22. The van der Waals surface area contributed by atoms with Crippen molar-refractivity contribution in [2.75, 3.05) is 12.8 Å². The Morgan fingerprint density at radius 2 is 2.25 bits per heavy atom. The smallest absolute Gasteiger partial charge is 0.240 e. The Kier molecular flexibility index (Phi) is 3.96. The summed E-state index contributed by atoms with van der Waals surface area (Å²) in [4.78, 5) is 16.7. The molecule has 0 atom stereocenters. The highest BCUT2D eigenvalue weighted by Crippen LogP contribution is 2.27. The highest BCUT2D eigenvalue weighted by atomic mass is 32.2. The molecule has 5 heteroatoms. The molecule has 106 valence electrons. The number of amides is 1. The molecule has 1 saturated carbocycles. The van der Waals surface area contributed by atoms with Crippen molar-refractivity contribution >= 4 is 28.7 Å². The summed E-state index contributed by atoms with van der Waals surface area (Å²) in [6, 6.07) is 8.00. The summed E-state index contributed by atoms with van der Waals surface area (Å²) in [7, 11) is 0. The zero-order chi connectivity index (χ0) is 13.9. The number of rotatable bonds is 6. The van der Waals surface area contributed by atoms with E-state index < -0.39 is 0 Å². The average molecular weight is 289 g/mol. The molecule has 0 unspecified atom stereocenters. The molecule has 0 spiro atoms. The molecule has 1 fully saturated rings. The van der Waals surface area contributed by atoms with Gasteiger partial charge in [0.05, 0.1) is 16.8 Å². The molecular formula is C15H19N3OS. The van der Waals surface area contributed by atoms with Gasteiger partial charge < -0.3 is 9.88 Å².